The molecular formula is C13H17N3OS. The Morgan fingerprint density at radius 3 is 2.83 bits per heavy atom. The summed E-state index contributed by atoms with van der Waals surface area (Å²) >= 11 is 1.67. The van der Waals surface area contributed by atoms with Crippen LogP contribution >= 0.6 is 11.3 Å². The van der Waals surface area contributed by atoms with Gasteiger partial charge in [-0.15, -0.1) is 11.3 Å². The number of rotatable bonds is 4. The third-order valence-electron chi connectivity index (χ3n) is 2.62. The molecule has 0 aliphatic rings. The second kappa shape index (κ2) is 5.46. The van der Waals surface area contributed by atoms with Gasteiger partial charge >= 0.3 is 0 Å². The fraction of sp³-hybridized carbons (Fsp3) is 0.385. The lowest BCUT2D eigenvalue weighted by Crippen LogP contribution is -2.43. The summed E-state index contributed by atoms with van der Waals surface area (Å²) in [5.74, 6) is -0.122. The summed E-state index contributed by atoms with van der Waals surface area (Å²) in [6.07, 6.45) is 0.734. The number of hydrogen-bond donors (Lipinski definition) is 2. The number of aromatic nitrogens is 1. The molecule has 1 unspecified atom stereocenters. The first-order valence-electron chi connectivity index (χ1n) is 5.96. The van der Waals surface area contributed by atoms with E-state index in [0.29, 0.717) is 0 Å². The van der Waals surface area contributed by atoms with E-state index >= 15 is 0 Å². The third-order valence-corrected chi connectivity index (χ3v) is 3.68. The Balaban J connectivity index is 2.02. The fourth-order valence-corrected chi connectivity index (χ4v) is 2.79. The monoisotopic (exact) mass is 263 g/mol. The molecule has 2 atom stereocenters. The van der Waals surface area contributed by atoms with Crippen molar-refractivity contribution in [1.82, 2.24) is 10.3 Å². The second-order valence-electron chi connectivity index (χ2n) is 4.48. The van der Waals surface area contributed by atoms with Crippen molar-refractivity contribution in [2.75, 3.05) is 0 Å². The van der Waals surface area contributed by atoms with E-state index in [-0.39, 0.29) is 11.9 Å². The van der Waals surface area contributed by atoms with E-state index in [4.69, 9.17) is 5.73 Å². The standard InChI is InChI=1S/C13H17N3OS/c1-8(15-13(17)9(2)14)7-12-16-10-5-3-4-6-11(10)18-12/h3-6,8-9H,7,14H2,1-2H3,(H,15,17)/t8?,9-/m1/s1. The molecular weight excluding hydrogens is 246 g/mol. The smallest absolute Gasteiger partial charge is 0.236 e. The summed E-state index contributed by atoms with van der Waals surface area (Å²) in [7, 11) is 0. The summed E-state index contributed by atoms with van der Waals surface area (Å²) in [6, 6.07) is 7.62. The van der Waals surface area contributed by atoms with Crippen LogP contribution in [0.15, 0.2) is 24.3 Å². The molecule has 3 N–H and O–H groups in total. The zero-order valence-corrected chi connectivity index (χ0v) is 11.3. The molecule has 5 heteroatoms. The van der Waals surface area contributed by atoms with Crippen LogP contribution in [-0.4, -0.2) is 23.0 Å². The highest BCUT2D eigenvalue weighted by Gasteiger charge is 2.13. The Labute approximate surface area is 110 Å². The number of carbonyl (C=O) groups is 1. The van der Waals surface area contributed by atoms with Gasteiger partial charge in [0.25, 0.3) is 0 Å². The summed E-state index contributed by atoms with van der Waals surface area (Å²) in [6.45, 7) is 3.64. The van der Waals surface area contributed by atoms with Gasteiger partial charge in [-0.1, -0.05) is 12.1 Å². The Bertz CT molecular complexity index is 517. The van der Waals surface area contributed by atoms with E-state index in [2.05, 4.69) is 16.4 Å². The van der Waals surface area contributed by atoms with Gasteiger partial charge in [0.15, 0.2) is 0 Å². The molecule has 1 aromatic heterocycles. The van der Waals surface area contributed by atoms with E-state index in [9.17, 15) is 4.79 Å². The number of para-hydroxylation sites is 1. The van der Waals surface area contributed by atoms with Crippen molar-refractivity contribution in [3.05, 3.63) is 29.3 Å². The molecule has 4 nitrogen and oxygen atoms in total. The van der Waals surface area contributed by atoms with Crippen molar-refractivity contribution in [3.63, 3.8) is 0 Å². The minimum atomic E-state index is -0.470. The van der Waals surface area contributed by atoms with Gasteiger partial charge in [0.1, 0.15) is 0 Å². The van der Waals surface area contributed by atoms with Gasteiger partial charge in [0.05, 0.1) is 21.3 Å². The molecule has 0 aliphatic carbocycles. The molecule has 0 saturated heterocycles. The van der Waals surface area contributed by atoms with Crippen LogP contribution in [0.3, 0.4) is 0 Å². The summed E-state index contributed by atoms with van der Waals surface area (Å²) < 4.78 is 1.18. The first kappa shape index (κ1) is 13.0. The predicted octanol–water partition coefficient (Wildman–Crippen LogP) is 1.69. The lowest BCUT2D eigenvalue weighted by molar-refractivity contribution is -0.122. The van der Waals surface area contributed by atoms with Gasteiger partial charge in [-0.2, -0.15) is 0 Å². The molecule has 2 aromatic rings. The zero-order valence-electron chi connectivity index (χ0n) is 10.5. The van der Waals surface area contributed by atoms with E-state index in [0.717, 1.165) is 16.9 Å². The number of fused-ring (bicyclic) bond motifs is 1. The number of benzene rings is 1. The molecule has 0 spiro atoms. The van der Waals surface area contributed by atoms with Crippen molar-refractivity contribution in [1.29, 1.82) is 0 Å². The third kappa shape index (κ3) is 3.05. The van der Waals surface area contributed by atoms with Crippen LogP contribution in [0.1, 0.15) is 18.9 Å². The second-order valence-corrected chi connectivity index (χ2v) is 5.59. The van der Waals surface area contributed by atoms with Gasteiger partial charge in [0, 0.05) is 12.5 Å². The van der Waals surface area contributed by atoms with Crippen molar-refractivity contribution >= 4 is 27.5 Å². The van der Waals surface area contributed by atoms with Crippen LogP contribution in [0.4, 0.5) is 0 Å². The molecule has 96 valence electrons. The van der Waals surface area contributed by atoms with Gasteiger partial charge in [-0.05, 0) is 26.0 Å². The number of amides is 1. The van der Waals surface area contributed by atoms with Crippen LogP contribution in [0.5, 0.6) is 0 Å². The maximum atomic E-state index is 11.5. The maximum Gasteiger partial charge on any atom is 0.236 e. The first-order valence-corrected chi connectivity index (χ1v) is 6.78. The minimum Gasteiger partial charge on any atom is -0.352 e. The van der Waals surface area contributed by atoms with Gasteiger partial charge < -0.3 is 11.1 Å². The highest BCUT2D eigenvalue weighted by atomic mass is 32.1. The Morgan fingerprint density at radius 2 is 2.17 bits per heavy atom. The molecule has 1 heterocycles. The molecule has 2 rings (SSSR count). The number of carbonyl (C=O) groups excluding carboxylic acids is 1. The van der Waals surface area contributed by atoms with E-state index in [1.165, 1.54) is 4.70 Å². The Hall–Kier alpha value is -1.46. The topological polar surface area (TPSA) is 68.0 Å². The first-order chi connectivity index (χ1) is 8.56. The number of nitrogens with two attached hydrogens (primary N) is 1. The SMILES string of the molecule is CC(Cc1nc2ccccc2s1)NC(=O)[C@@H](C)N. The number of hydrogen-bond acceptors (Lipinski definition) is 4. The number of thiazole rings is 1. The Morgan fingerprint density at radius 1 is 1.44 bits per heavy atom. The fourth-order valence-electron chi connectivity index (χ4n) is 1.69. The van der Waals surface area contributed by atoms with Crippen LogP contribution in [-0.2, 0) is 11.2 Å². The molecule has 0 saturated carbocycles. The van der Waals surface area contributed by atoms with Crippen molar-refractivity contribution in [3.8, 4) is 0 Å². The molecule has 0 radical (unpaired) electrons. The van der Waals surface area contributed by atoms with E-state index in [1.54, 1.807) is 18.3 Å². The zero-order chi connectivity index (χ0) is 13.1. The maximum absolute atomic E-state index is 11.5. The normalized spacial score (nSPS) is 14.4. The summed E-state index contributed by atoms with van der Waals surface area (Å²) in [4.78, 5) is 16.0. The average molecular weight is 263 g/mol. The predicted molar refractivity (Wildman–Crippen MR) is 74.6 cm³/mol. The Kier molecular flexibility index (Phi) is 3.93. The van der Waals surface area contributed by atoms with Crippen molar-refractivity contribution in [2.45, 2.75) is 32.4 Å². The molecule has 1 amide bonds. The minimum absolute atomic E-state index is 0.0454. The summed E-state index contributed by atoms with van der Waals surface area (Å²) in [5.41, 5.74) is 6.53. The summed E-state index contributed by atoms with van der Waals surface area (Å²) in [5, 5.41) is 3.91. The van der Waals surface area contributed by atoms with Gasteiger partial charge in [-0.3, -0.25) is 4.79 Å². The average Bonchev–Trinajstić information content (AvgIpc) is 2.70. The lowest BCUT2D eigenvalue weighted by Gasteiger charge is -2.13. The largest absolute Gasteiger partial charge is 0.352 e. The van der Waals surface area contributed by atoms with E-state index in [1.807, 2.05) is 25.1 Å². The number of nitrogens with one attached hydrogen (secondary N) is 1. The molecule has 0 bridgehead atoms. The molecule has 1 aromatic carbocycles. The molecule has 0 fully saturated rings. The molecule has 0 aliphatic heterocycles. The highest BCUT2D eigenvalue weighted by Crippen LogP contribution is 2.22. The van der Waals surface area contributed by atoms with E-state index < -0.39 is 6.04 Å². The van der Waals surface area contributed by atoms with Crippen molar-refractivity contribution < 1.29 is 4.79 Å². The van der Waals surface area contributed by atoms with Crippen LogP contribution < -0.4 is 11.1 Å². The quantitative estimate of drug-likeness (QED) is 0.882. The van der Waals surface area contributed by atoms with Crippen LogP contribution in [0.2, 0.25) is 0 Å². The number of nitrogens with zero attached hydrogens (tertiary/aromatic N) is 1. The van der Waals surface area contributed by atoms with Crippen LogP contribution in [0, 0.1) is 0 Å². The lowest BCUT2D eigenvalue weighted by atomic mass is 10.2. The van der Waals surface area contributed by atoms with Crippen molar-refractivity contribution in [2.24, 2.45) is 5.73 Å². The highest BCUT2D eigenvalue weighted by molar-refractivity contribution is 7.18. The van der Waals surface area contributed by atoms with Gasteiger partial charge in [-0.25, -0.2) is 4.98 Å². The van der Waals surface area contributed by atoms with Crippen LogP contribution in [0.25, 0.3) is 10.2 Å². The molecule has 18 heavy (non-hydrogen) atoms. The van der Waals surface area contributed by atoms with Gasteiger partial charge in [0.2, 0.25) is 5.91 Å².